The predicted molar refractivity (Wildman–Crippen MR) is 38.5 cm³/mol. The molecular formula is C6H14N2O2. The Morgan fingerprint density at radius 3 is 2.50 bits per heavy atom. The minimum absolute atomic E-state index is 0.520. The number of carbonyl (C=O) groups is 1. The largest absolute Gasteiger partial charge is 0.480 e. The van der Waals surface area contributed by atoms with E-state index in [0.29, 0.717) is 13.0 Å². The number of aliphatic carboxylic acids is 1. The number of carboxylic acids is 1. The van der Waals surface area contributed by atoms with Crippen LogP contribution in [0.1, 0.15) is 19.3 Å². The van der Waals surface area contributed by atoms with Gasteiger partial charge in [0.05, 0.1) is 0 Å². The lowest BCUT2D eigenvalue weighted by molar-refractivity contribution is -0.138. The van der Waals surface area contributed by atoms with Gasteiger partial charge in [-0.3, -0.25) is 4.79 Å². The van der Waals surface area contributed by atoms with Gasteiger partial charge in [0.15, 0.2) is 0 Å². The van der Waals surface area contributed by atoms with Crippen LogP contribution < -0.4 is 11.5 Å². The van der Waals surface area contributed by atoms with Gasteiger partial charge >= 0.3 is 5.97 Å². The summed E-state index contributed by atoms with van der Waals surface area (Å²) in [6.45, 7) is 0.604. The summed E-state index contributed by atoms with van der Waals surface area (Å²) < 4.78 is 0. The molecule has 0 saturated heterocycles. The molecule has 0 aromatic heterocycles. The summed E-state index contributed by atoms with van der Waals surface area (Å²) in [7, 11) is 0. The Bertz CT molecular complexity index is 106. The first kappa shape index (κ1) is 9.39. The monoisotopic (exact) mass is 147 g/mol. The molecule has 0 aliphatic rings. The van der Waals surface area contributed by atoms with Crippen molar-refractivity contribution in [3.63, 3.8) is 0 Å². The van der Waals surface area contributed by atoms with Crippen molar-refractivity contribution >= 4 is 5.97 Å². The normalized spacial score (nSPS) is 13.0. The number of rotatable bonds is 5. The number of carboxylic acid groups (broad SMARTS) is 1. The van der Waals surface area contributed by atoms with Crippen LogP contribution in [0.15, 0.2) is 0 Å². The Morgan fingerprint density at radius 1 is 1.50 bits per heavy atom. The average Bonchev–Trinajstić information content (AvgIpc) is 1.88. The van der Waals surface area contributed by atoms with E-state index in [1.54, 1.807) is 0 Å². The van der Waals surface area contributed by atoms with E-state index in [9.17, 15) is 4.79 Å². The third-order valence-corrected chi connectivity index (χ3v) is 1.29. The SMILES string of the molecule is NCC[13CH2]C[C@H](N)C(=O)O. The zero-order valence-corrected chi connectivity index (χ0v) is 5.92. The highest BCUT2D eigenvalue weighted by Crippen LogP contribution is 1.96. The Morgan fingerprint density at radius 2 is 2.10 bits per heavy atom. The maximum Gasteiger partial charge on any atom is 0.320 e. The lowest BCUT2D eigenvalue weighted by Gasteiger charge is -2.03. The maximum atomic E-state index is 10.1. The lowest BCUT2D eigenvalue weighted by atomic mass is 10.3. The molecule has 0 aromatic carbocycles. The van der Waals surface area contributed by atoms with Gasteiger partial charge in [-0.1, -0.05) is 6.42 Å². The Balaban J connectivity index is 3.21. The quantitative estimate of drug-likeness (QED) is 0.362. The second-order valence-corrected chi connectivity index (χ2v) is 2.23. The van der Waals surface area contributed by atoms with Crippen LogP contribution in [0, 0.1) is 0 Å². The third-order valence-electron chi connectivity index (χ3n) is 1.29. The van der Waals surface area contributed by atoms with Crippen molar-refractivity contribution in [2.24, 2.45) is 11.5 Å². The van der Waals surface area contributed by atoms with Crippen molar-refractivity contribution < 1.29 is 9.90 Å². The zero-order valence-electron chi connectivity index (χ0n) is 5.92. The van der Waals surface area contributed by atoms with Gasteiger partial charge in [-0.15, -0.1) is 0 Å². The molecule has 0 spiro atoms. The van der Waals surface area contributed by atoms with E-state index in [2.05, 4.69) is 0 Å². The van der Waals surface area contributed by atoms with Crippen molar-refractivity contribution in [1.82, 2.24) is 0 Å². The van der Waals surface area contributed by atoms with Gasteiger partial charge in [0.2, 0.25) is 0 Å². The molecule has 0 fully saturated rings. The summed E-state index contributed by atoms with van der Waals surface area (Å²) >= 11 is 0. The molecule has 1 atom stereocenters. The smallest absolute Gasteiger partial charge is 0.320 e. The summed E-state index contributed by atoms with van der Waals surface area (Å²) in [6.07, 6.45) is 2.16. The summed E-state index contributed by atoms with van der Waals surface area (Å²) in [5.41, 5.74) is 10.4. The molecule has 4 nitrogen and oxygen atoms in total. The average molecular weight is 147 g/mol. The van der Waals surface area contributed by atoms with Crippen LogP contribution in [0.4, 0.5) is 0 Å². The first-order chi connectivity index (χ1) is 4.68. The van der Waals surface area contributed by atoms with E-state index in [0.717, 1.165) is 12.8 Å². The van der Waals surface area contributed by atoms with Gasteiger partial charge in [0.25, 0.3) is 0 Å². The van der Waals surface area contributed by atoms with Crippen LogP contribution in [0.3, 0.4) is 0 Å². The van der Waals surface area contributed by atoms with Crippen molar-refractivity contribution in [3.8, 4) is 0 Å². The summed E-state index contributed by atoms with van der Waals surface area (Å²) in [6, 6.07) is -0.716. The van der Waals surface area contributed by atoms with Gasteiger partial charge < -0.3 is 16.6 Å². The van der Waals surface area contributed by atoms with Gasteiger partial charge in [-0.2, -0.15) is 0 Å². The molecule has 5 N–H and O–H groups in total. The van der Waals surface area contributed by atoms with Crippen LogP contribution in [0.25, 0.3) is 0 Å². The molecule has 0 aliphatic heterocycles. The molecule has 0 radical (unpaired) electrons. The highest BCUT2D eigenvalue weighted by molar-refractivity contribution is 5.72. The number of hydrogen-bond donors (Lipinski definition) is 3. The van der Waals surface area contributed by atoms with E-state index in [1.807, 2.05) is 0 Å². The summed E-state index contributed by atoms with van der Waals surface area (Å²) in [5.74, 6) is -0.933. The van der Waals surface area contributed by atoms with Crippen LogP contribution in [-0.2, 0) is 4.79 Å². The molecule has 0 unspecified atom stereocenters. The van der Waals surface area contributed by atoms with Gasteiger partial charge in [0.1, 0.15) is 6.04 Å². The topological polar surface area (TPSA) is 89.3 Å². The van der Waals surface area contributed by atoms with Crippen molar-refractivity contribution in [1.29, 1.82) is 0 Å². The molecule has 60 valence electrons. The van der Waals surface area contributed by atoms with Crippen molar-refractivity contribution in [3.05, 3.63) is 0 Å². The first-order valence-corrected chi connectivity index (χ1v) is 3.37. The molecule has 4 heteroatoms. The standard InChI is InChI=1S/C6H14N2O2/c7-4-2-1-3-5(8)6(9)10/h5H,1-4,7-8H2,(H,9,10)/t5-/m0/s1/i1+1. The number of nitrogens with two attached hydrogens (primary N) is 2. The number of unbranched alkanes of at least 4 members (excludes halogenated alkanes) is 1. The van der Waals surface area contributed by atoms with Crippen molar-refractivity contribution in [2.75, 3.05) is 6.54 Å². The Labute approximate surface area is 60.2 Å². The molecular weight excluding hydrogens is 133 g/mol. The van der Waals surface area contributed by atoms with Crippen LogP contribution in [0.5, 0.6) is 0 Å². The molecule has 0 saturated carbocycles. The van der Waals surface area contributed by atoms with Crippen LogP contribution >= 0.6 is 0 Å². The fraction of sp³-hybridized carbons (Fsp3) is 0.833. The maximum absolute atomic E-state index is 10.1. The second kappa shape index (κ2) is 5.20. The highest BCUT2D eigenvalue weighted by Gasteiger charge is 2.09. The molecule has 0 amide bonds. The molecule has 0 aromatic rings. The lowest BCUT2D eigenvalue weighted by Crippen LogP contribution is -2.29. The van der Waals surface area contributed by atoms with E-state index in [4.69, 9.17) is 16.6 Å². The fourth-order valence-electron chi connectivity index (χ4n) is 0.632. The minimum Gasteiger partial charge on any atom is -0.480 e. The van der Waals surface area contributed by atoms with Gasteiger partial charge in [0, 0.05) is 0 Å². The molecule has 0 bridgehead atoms. The van der Waals surface area contributed by atoms with E-state index in [-0.39, 0.29) is 0 Å². The zero-order chi connectivity index (χ0) is 7.98. The summed E-state index contributed by atoms with van der Waals surface area (Å²) in [5, 5.41) is 8.33. The first-order valence-electron chi connectivity index (χ1n) is 3.37. The third kappa shape index (κ3) is 4.29. The van der Waals surface area contributed by atoms with E-state index >= 15 is 0 Å². The van der Waals surface area contributed by atoms with E-state index < -0.39 is 12.0 Å². The predicted octanol–water partition coefficient (Wildman–Crippen LogP) is -0.473. The second-order valence-electron chi connectivity index (χ2n) is 2.23. The Kier molecular flexibility index (Phi) is 4.88. The molecule has 0 heterocycles. The number of hydrogen-bond acceptors (Lipinski definition) is 3. The molecule has 0 aliphatic carbocycles. The van der Waals surface area contributed by atoms with E-state index in [1.165, 1.54) is 0 Å². The fourth-order valence-corrected chi connectivity index (χ4v) is 0.632. The molecule has 0 rings (SSSR count). The Hall–Kier alpha value is -0.610. The van der Waals surface area contributed by atoms with Crippen LogP contribution in [-0.4, -0.2) is 23.7 Å². The van der Waals surface area contributed by atoms with Crippen LogP contribution in [0.2, 0.25) is 0 Å². The van der Waals surface area contributed by atoms with Crippen molar-refractivity contribution in [2.45, 2.75) is 25.3 Å². The molecule has 10 heavy (non-hydrogen) atoms. The highest BCUT2D eigenvalue weighted by atomic mass is 16.4. The van der Waals surface area contributed by atoms with Gasteiger partial charge in [-0.25, -0.2) is 0 Å². The minimum atomic E-state index is -0.933. The van der Waals surface area contributed by atoms with Gasteiger partial charge in [-0.05, 0) is 19.4 Å². The summed E-state index contributed by atoms with van der Waals surface area (Å²) in [4.78, 5) is 10.1.